The van der Waals surface area contributed by atoms with Crippen LogP contribution in [0.3, 0.4) is 0 Å². The molecular formula is C18H11Cl2N3S. The van der Waals surface area contributed by atoms with Gasteiger partial charge in [0.15, 0.2) is 0 Å². The lowest BCUT2D eigenvalue weighted by Crippen LogP contribution is -2.04. The van der Waals surface area contributed by atoms with Gasteiger partial charge in [-0.1, -0.05) is 59.2 Å². The van der Waals surface area contributed by atoms with E-state index in [1.54, 1.807) is 24.3 Å². The molecule has 3 aromatic rings. The average molecular weight is 372 g/mol. The summed E-state index contributed by atoms with van der Waals surface area (Å²) < 4.78 is 0. The SMILES string of the molecule is N#C[C@H](c1ccc(Sc2ccccc2)nn1)c1c(Cl)cccc1Cl. The van der Waals surface area contributed by atoms with Crippen LogP contribution in [-0.2, 0) is 0 Å². The normalized spacial score (nSPS) is 11.7. The Hall–Kier alpha value is -2.06. The molecule has 0 aliphatic heterocycles. The molecule has 0 saturated carbocycles. The van der Waals surface area contributed by atoms with Gasteiger partial charge in [0, 0.05) is 20.5 Å². The summed E-state index contributed by atoms with van der Waals surface area (Å²) in [5, 5.41) is 19.6. The van der Waals surface area contributed by atoms with Crippen LogP contribution in [-0.4, -0.2) is 10.2 Å². The Morgan fingerprint density at radius 3 is 2.17 bits per heavy atom. The van der Waals surface area contributed by atoms with Gasteiger partial charge in [-0.25, -0.2) is 0 Å². The third-order valence-electron chi connectivity index (χ3n) is 3.34. The fourth-order valence-corrected chi connectivity index (χ4v) is 3.58. The molecule has 0 radical (unpaired) electrons. The molecule has 3 rings (SSSR count). The topological polar surface area (TPSA) is 49.6 Å². The highest BCUT2D eigenvalue weighted by Crippen LogP contribution is 2.35. The second kappa shape index (κ2) is 7.67. The first-order chi connectivity index (χ1) is 11.7. The quantitative estimate of drug-likeness (QED) is 0.599. The molecule has 1 heterocycles. The zero-order valence-electron chi connectivity index (χ0n) is 12.4. The summed E-state index contributed by atoms with van der Waals surface area (Å²) in [6.07, 6.45) is 0. The molecule has 24 heavy (non-hydrogen) atoms. The molecule has 2 aromatic carbocycles. The van der Waals surface area contributed by atoms with E-state index in [2.05, 4.69) is 16.3 Å². The van der Waals surface area contributed by atoms with Crippen molar-refractivity contribution in [3.8, 4) is 6.07 Å². The summed E-state index contributed by atoms with van der Waals surface area (Å²) in [6, 6.07) is 20.9. The number of hydrogen-bond donors (Lipinski definition) is 0. The molecule has 6 heteroatoms. The van der Waals surface area contributed by atoms with E-state index in [1.807, 2.05) is 36.4 Å². The Balaban J connectivity index is 1.88. The minimum atomic E-state index is -0.658. The first-order valence-electron chi connectivity index (χ1n) is 7.09. The molecule has 0 unspecified atom stereocenters. The summed E-state index contributed by atoms with van der Waals surface area (Å²) in [4.78, 5) is 1.07. The summed E-state index contributed by atoms with van der Waals surface area (Å²) in [6.45, 7) is 0. The van der Waals surface area contributed by atoms with Crippen LogP contribution in [0.15, 0.2) is 70.6 Å². The van der Waals surface area contributed by atoms with Crippen LogP contribution < -0.4 is 0 Å². The summed E-state index contributed by atoms with van der Waals surface area (Å²) in [7, 11) is 0. The van der Waals surface area contributed by atoms with Crippen LogP contribution in [0.1, 0.15) is 17.2 Å². The average Bonchev–Trinajstić information content (AvgIpc) is 2.60. The predicted octanol–water partition coefficient (Wildman–Crippen LogP) is 5.59. The molecule has 0 fully saturated rings. The maximum absolute atomic E-state index is 9.55. The number of halogens is 2. The van der Waals surface area contributed by atoms with E-state index in [4.69, 9.17) is 23.2 Å². The van der Waals surface area contributed by atoms with E-state index in [-0.39, 0.29) is 0 Å². The Kier molecular flexibility index (Phi) is 5.37. The van der Waals surface area contributed by atoms with Gasteiger partial charge in [-0.3, -0.25) is 0 Å². The van der Waals surface area contributed by atoms with Gasteiger partial charge in [-0.2, -0.15) is 10.4 Å². The lowest BCUT2D eigenvalue weighted by Gasteiger charge is -2.12. The molecule has 0 bridgehead atoms. The van der Waals surface area contributed by atoms with E-state index in [0.717, 1.165) is 9.92 Å². The predicted molar refractivity (Wildman–Crippen MR) is 96.5 cm³/mol. The lowest BCUT2D eigenvalue weighted by atomic mass is 9.97. The van der Waals surface area contributed by atoms with Crippen molar-refractivity contribution in [3.05, 3.63) is 82.0 Å². The maximum Gasteiger partial charge on any atom is 0.124 e. The van der Waals surface area contributed by atoms with Crippen molar-refractivity contribution in [2.75, 3.05) is 0 Å². The van der Waals surface area contributed by atoms with E-state index < -0.39 is 5.92 Å². The number of nitrogens with zero attached hydrogens (tertiary/aromatic N) is 3. The highest BCUT2D eigenvalue weighted by atomic mass is 35.5. The molecule has 0 N–H and O–H groups in total. The van der Waals surface area contributed by atoms with Crippen molar-refractivity contribution < 1.29 is 0 Å². The number of hydrogen-bond acceptors (Lipinski definition) is 4. The van der Waals surface area contributed by atoms with Crippen LogP contribution in [0.2, 0.25) is 10.0 Å². The molecule has 0 amide bonds. The lowest BCUT2D eigenvalue weighted by molar-refractivity contribution is 0.837. The van der Waals surface area contributed by atoms with Gasteiger partial charge in [0.05, 0.1) is 11.8 Å². The molecular weight excluding hydrogens is 361 g/mol. The third-order valence-corrected chi connectivity index (χ3v) is 4.93. The van der Waals surface area contributed by atoms with Gasteiger partial charge >= 0.3 is 0 Å². The number of nitriles is 1. The van der Waals surface area contributed by atoms with Crippen LogP contribution in [0, 0.1) is 11.3 Å². The maximum atomic E-state index is 9.55. The highest BCUT2D eigenvalue weighted by Gasteiger charge is 2.21. The van der Waals surface area contributed by atoms with Crippen molar-refractivity contribution in [1.82, 2.24) is 10.2 Å². The Labute approximate surface area is 154 Å². The van der Waals surface area contributed by atoms with Crippen LogP contribution >= 0.6 is 35.0 Å². The summed E-state index contributed by atoms with van der Waals surface area (Å²) in [5.74, 6) is -0.658. The largest absolute Gasteiger partial charge is 0.197 e. The first kappa shape index (κ1) is 16.8. The van der Waals surface area contributed by atoms with E-state index in [9.17, 15) is 5.26 Å². The van der Waals surface area contributed by atoms with Gasteiger partial charge in [0.25, 0.3) is 0 Å². The zero-order valence-corrected chi connectivity index (χ0v) is 14.7. The fourth-order valence-electron chi connectivity index (χ4n) is 2.21. The Morgan fingerprint density at radius 1 is 0.875 bits per heavy atom. The standard InChI is InChI=1S/C18H11Cl2N3S/c19-14-7-4-8-15(20)18(14)13(11-21)16-9-10-17(23-22-16)24-12-5-2-1-3-6-12/h1-10,13H/t13-/m1/s1. The summed E-state index contributed by atoms with van der Waals surface area (Å²) in [5.41, 5.74) is 1.08. The van der Waals surface area contributed by atoms with Crippen molar-refractivity contribution in [3.63, 3.8) is 0 Å². The van der Waals surface area contributed by atoms with Crippen molar-refractivity contribution in [2.45, 2.75) is 15.8 Å². The molecule has 0 saturated heterocycles. The number of rotatable bonds is 4. The Bertz CT molecular complexity index is 857. The van der Waals surface area contributed by atoms with Crippen molar-refractivity contribution in [1.29, 1.82) is 5.26 Å². The fraction of sp³-hybridized carbons (Fsp3) is 0.0556. The van der Waals surface area contributed by atoms with Gasteiger partial charge < -0.3 is 0 Å². The van der Waals surface area contributed by atoms with Crippen molar-refractivity contribution >= 4 is 35.0 Å². The third kappa shape index (κ3) is 3.70. The molecule has 0 spiro atoms. The van der Waals surface area contributed by atoms with Crippen molar-refractivity contribution in [2.24, 2.45) is 0 Å². The minimum Gasteiger partial charge on any atom is -0.197 e. The first-order valence-corrected chi connectivity index (χ1v) is 8.66. The number of benzene rings is 2. The van der Waals surface area contributed by atoms with Gasteiger partial charge in [0.1, 0.15) is 10.9 Å². The van der Waals surface area contributed by atoms with Crippen LogP contribution in [0.25, 0.3) is 0 Å². The van der Waals surface area contributed by atoms with E-state index in [0.29, 0.717) is 21.3 Å². The van der Waals surface area contributed by atoms with E-state index >= 15 is 0 Å². The van der Waals surface area contributed by atoms with Gasteiger partial charge in [-0.05, 0) is 36.4 Å². The van der Waals surface area contributed by atoms with E-state index in [1.165, 1.54) is 11.8 Å². The monoisotopic (exact) mass is 371 g/mol. The summed E-state index contributed by atoms with van der Waals surface area (Å²) >= 11 is 13.9. The van der Waals surface area contributed by atoms with Gasteiger partial charge in [-0.15, -0.1) is 5.10 Å². The molecule has 1 atom stereocenters. The van der Waals surface area contributed by atoms with Crippen LogP contribution in [0.4, 0.5) is 0 Å². The highest BCUT2D eigenvalue weighted by molar-refractivity contribution is 7.99. The molecule has 118 valence electrons. The minimum absolute atomic E-state index is 0.443. The molecule has 3 nitrogen and oxygen atoms in total. The van der Waals surface area contributed by atoms with Crippen LogP contribution in [0.5, 0.6) is 0 Å². The molecule has 0 aliphatic rings. The smallest absolute Gasteiger partial charge is 0.124 e. The second-order valence-electron chi connectivity index (χ2n) is 4.91. The molecule has 1 aromatic heterocycles. The second-order valence-corrected chi connectivity index (χ2v) is 6.82. The Morgan fingerprint density at radius 2 is 1.58 bits per heavy atom. The molecule has 0 aliphatic carbocycles. The number of aromatic nitrogens is 2. The zero-order chi connectivity index (χ0) is 16.9. The van der Waals surface area contributed by atoms with Gasteiger partial charge in [0.2, 0.25) is 0 Å².